The Kier molecular flexibility index (Phi) is 4.10. The summed E-state index contributed by atoms with van der Waals surface area (Å²) < 4.78 is 24.4. The normalized spacial score (nSPS) is 11.9. The van der Waals surface area contributed by atoms with Gasteiger partial charge in [-0.15, -0.1) is 0 Å². The maximum atomic E-state index is 11.0. The van der Waals surface area contributed by atoms with Gasteiger partial charge in [-0.3, -0.25) is 4.72 Å². The van der Waals surface area contributed by atoms with Crippen LogP contribution in [0, 0.1) is 0 Å². The molecule has 1 aromatic carbocycles. The molecule has 16 heavy (non-hydrogen) atoms. The van der Waals surface area contributed by atoms with Crippen molar-refractivity contribution in [1.29, 1.82) is 0 Å². The molecule has 0 aliphatic carbocycles. The molecule has 0 fully saturated rings. The van der Waals surface area contributed by atoms with Gasteiger partial charge in [0.1, 0.15) is 0 Å². The molecule has 0 heterocycles. The van der Waals surface area contributed by atoms with Crippen LogP contribution in [0.3, 0.4) is 0 Å². The summed E-state index contributed by atoms with van der Waals surface area (Å²) >= 11 is 12.1. The summed E-state index contributed by atoms with van der Waals surface area (Å²) in [6.45, 7) is 3.94. The molecule has 6 heteroatoms. The van der Waals surface area contributed by atoms with Crippen molar-refractivity contribution in [2.75, 3.05) is 11.0 Å². The zero-order chi connectivity index (χ0) is 12.5. The van der Waals surface area contributed by atoms with Gasteiger partial charge >= 0.3 is 0 Å². The Morgan fingerprint density at radius 2 is 1.62 bits per heavy atom. The van der Waals surface area contributed by atoms with Crippen molar-refractivity contribution in [1.82, 2.24) is 0 Å². The van der Waals surface area contributed by atoms with Crippen LogP contribution < -0.4 is 4.72 Å². The molecular formula is C10H13Cl2NO2S. The molecule has 1 aromatic rings. The first kappa shape index (κ1) is 13.6. The molecule has 0 aliphatic rings. The summed E-state index contributed by atoms with van der Waals surface area (Å²) in [6, 6.07) is 3.12. The zero-order valence-corrected chi connectivity index (χ0v) is 11.5. The summed E-state index contributed by atoms with van der Waals surface area (Å²) in [5.74, 6) is 0.187. The van der Waals surface area contributed by atoms with E-state index in [2.05, 4.69) is 4.72 Å². The van der Waals surface area contributed by atoms with Crippen LogP contribution in [0.1, 0.15) is 25.3 Å². The molecule has 0 aliphatic heterocycles. The predicted octanol–water partition coefficient (Wildman–Crippen LogP) is 3.49. The van der Waals surface area contributed by atoms with Gasteiger partial charge in [-0.2, -0.15) is 0 Å². The molecule has 0 amide bonds. The summed E-state index contributed by atoms with van der Waals surface area (Å²) in [5.41, 5.74) is 1.20. The monoisotopic (exact) mass is 281 g/mol. The highest BCUT2D eigenvalue weighted by Crippen LogP contribution is 2.34. The maximum absolute atomic E-state index is 11.0. The van der Waals surface area contributed by atoms with Gasteiger partial charge < -0.3 is 0 Å². The highest BCUT2D eigenvalue weighted by Gasteiger charge is 2.13. The lowest BCUT2D eigenvalue weighted by Gasteiger charge is -2.13. The fraction of sp³-hybridized carbons (Fsp3) is 0.400. The quantitative estimate of drug-likeness (QED) is 0.922. The average molecular weight is 282 g/mol. The van der Waals surface area contributed by atoms with Crippen LogP contribution in [-0.2, 0) is 10.0 Å². The third-order valence-corrected chi connectivity index (χ3v) is 3.19. The van der Waals surface area contributed by atoms with E-state index < -0.39 is 10.0 Å². The van der Waals surface area contributed by atoms with E-state index in [0.29, 0.717) is 15.7 Å². The first-order valence-corrected chi connectivity index (χ1v) is 7.32. The van der Waals surface area contributed by atoms with Gasteiger partial charge in [0.05, 0.1) is 11.9 Å². The zero-order valence-electron chi connectivity index (χ0n) is 9.21. The largest absolute Gasteiger partial charge is 0.284 e. The van der Waals surface area contributed by atoms with Crippen molar-refractivity contribution < 1.29 is 8.42 Å². The summed E-state index contributed by atoms with van der Waals surface area (Å²) in [7, 11) is -3.31. The van der Waals surface area contributed by atoms with Gasteiger partial charge in [-0.05, 0) is 23.6 Å². The third kappa shape index (κ3) is 3.54. The van der Waals surface area contributed by atoms with E-state index in [-0.39, 0.29) is 5.92 Å². The van der Waals surface area contributed by atoms with E-state index in [1.165, 1.54) is 0 Å². The minimum Gasteiger partial charge on any atom is -0.284 e. The van der Waals surface area contributed by atoms with Crippen LogP contribution in [0.4, 0.5) is 5.69 Å². The SMILES string of the molecule is CC(C)c1c(Cl)cc(NS(C)(=O)=O)cc1Cl. The van der Waals surface area contributed by atoms with Crippen molar-refractivity contribution in [2.24, 2.45) is 0 Å². The fourth-order valence-electron chi connectivity index (χ4n) is 1.41. The Bertz CT molecular complexity index is 475. The molecule has 3 nitrogen and oxygen atoms in total. The number of nitrogens with one attached hydrogen (secondary N) is 1. The molecule has 0 saturated carbocycles. The van der Waals surface area contributed by atoms with Crippen molar-refractivity contribution in [3.63, 3.8) is 0 Å². The van der Waals surface area contributed by atoms with E-state index in [4.69, 9.17) is 23.2 Å². The summed E-state index contributed by atoms with van der Waals surface area (Å²) in [6.07, 6.45) is 1.07. The Morgan fingerprint density at radius 3 is 1.94 bits per heavy atom. The van der Waals surface area contributed by atoms with Gasteiger partial charge in [0.15, 0.2) is 0 Å². The molecule has 0 spiro atoms. The van der Waals surface area contributed by atoms with Crippen LogP contribution in [0.15, 0.2) is 12.1 Å². The van der Waals surface area contributed by atoms with E-state index in [0.717, 1.165) is 11.8 Å². The fourth-order valence-corrected chi connectivity index (χ4v) is 2.88. The number of halogens is 2. The highest BCUT2D eigenvalue weighted by molar-refractivity contribution is 7.92. The Labute approximate surface area is 106 Å². The van der Waals surface area contributed by atoms with Gasteiger partial charge in [0.25, 0.3) is 0 Å². The number of hydrogen-bond acceptors (Lipinski definition) is 2. The molecular weight excluding hydrogens is 269 g/mol. The van der Waals surface area contributed by atoms with Gasteiger partial charge in [-0.1, -0.05) is 37.0 Å². The molecule has 0 radical (unpaired) electrons. The Hall–Kier alpha value is -0.450. The van der Waals surface area contributed by atoms with Crippen molar-refractivity contribution in [2.45, 2.75) is 19.8 Å². The second-order valence-corrected chi connectivity index (χ2v) is 6.45. The smallest absolute Gasteiger partial charge is 0.229 e. The van der Waals surface area contributed by atoms with E-state index in [1.54, 1.807) is 12.1 Å². The molecule has 0 saturated heterocycles. The van der Waals surface area contributed by atoms with Crippen LogP contribution >= 0.6 is 23.2 Å². The number of rotatable bonds is 3. The van der Waals surface area contributed by atoms with E-state index >= 15 is 0 Å². The maximum Gasteiger partial charge on any atom is 0.229 e. The summed E-state index contributed by atoms with van der Waals surface area (Å²) in [5, 5.41) is 0.933. The van der Waals surface area contributed by atoms with Gasteiger partial charge in [-0.25, -0.2) is 8.42 Å². The Balaban J connectivity index is 3.20. The standard InChI is InChI=1S/C10H13Cl2NO2S/c1-6(2)10-8(11)4-7(5-9(10)12)13-16(3,14)15/h4-6,13H,1-3H3. The second kappa shape index (κ2) is 4.82. The van der Waals surface area contributed by atoms with Crippen LogP contribution in [0.2, 0.25) is 10.0 Å². The molecule has 0 aromatic heterocycles. The van der Waals surface area contributed by atoms with Crippen molar-refractivity contribution in [3.8, 4) is 0 Å². The lowest BCUT2D eigenvalue weighted by Crippen LogP contribution is -2.09. The summed E-state index contributed by atoms with van der Waals surface area (Å²) in [4.78, 5) is 0. The lowest BCUT2D eigenvalue weighted by atomic mass is 10.0. The van der Waals surface area contributed by atoms with Crippen LogP contribution in [-0.4, -0.2) is 14.7 Å². The Morgan fingerprint density at radius 1 is 1.19 bits per heavy atom. The van der Waals surface area contributed by atoms with Crippen molar-refractivity contribution >= 4 is 38.9 Å². The van der Waals surface area contributed by atoms with Crippen molar-refractivity contribution in [3.05, 3.63) is 27.7 Å². The highest BCUT2D eigenvalue weighted by atomic mass is 35.5. The predicted molar refractivity (Wildman–Crippen MR) is 69.0 cm³/mol. The van der Waals surface area contributed by atoms with E-state index in [1.807, 2.05) is 13.8 Å². The van der Waals surface area contributed by atoms with Gasteiger partial charge in [0, 0.05) is 10.0 Å². The molecule has 0 atom stereocenters. The van der Waals surface area contributed by atoms with Gasteiger partial charge in [0.2, 0.25) is 10.0 Å². The molecule has 1 rings (SSSR count). The first-order chi connectivity index (χ1) is 7.20. The molecule has 0 bridgehead atoms. The first-order valence-electron chi connectivity index (χ1n) is 4.67. The van der Waals surface area contributed by atoms with Crippen LogP contribution in [0.5, 0.6) is 0 Å². The molecule has 1 N–H and O–H groups in total. The molecule has 0 unspecified atom stereocenters. The minimum absolute atomic E-state index is 0.187. The van der Waals surface area contributed by atoms with Crippen LogP contribution in [0.25, 0.3) is 0 Å². The molecule has 90 valence electrons. The van der Waals surface area contributed by atoms with E-state index in [9.17, 15) is 8.42 Å². The number of hydrogen-bond donors (Lipinski definition) is 1. The minimum atomic E-state index is -3.31. The number of anilines is 1. The lowest BCUT2D eigenvalue weighted by molar-refractivity contribution is 0.607. The number of sulfonamides is 1. The third-order valence-electron chi connectivity index (χ3n) is 1.96. The second-order valence-electron chi connectivity index (χ2n) is 3.88. The topological polar surface area (TPSA) is 46.2 Å². The number of benzene rings is 1. The average Bonchev–Trinajstić information content (AvgIpc) is 1.96.